The van der Waals surface area contributed by atoms with Crippen molar-refractivity contribution in [2.24, 2.45) is 0 Å². The van der Waals surface area contributed by atoms with Crippen LogP contribution in [0.3, 0.4) is 0 Å². The van der Waals surface area contributed by atoms with Gasteiger partial charge in [0.25, 0.3) is 17.4 Å². The minimum atomic E-state index is -1.34. The van der Waals surface area contributed by atoms with Gasteiger partial charge in [-0.15, -0.1) is 0 Å². The highest BCUT2D eigenvalue weighted by Gasteiger charge is 2.64. The Bertz CT molecular complexity index is 492. The molecular formula is C18H33N4O4+. The van der Waals surface area contributed by atoms with Crippen LogP contribution in [-0.4, -0.2) is 72.3 Å². The molecule has 0 spiro atoms. The summed E-state index contributed by atoms with van der Waals surface area (Å²) in [5, 5.41) is 17.5. The number of hydrogen-bond donors (Lipinski definition) is 4. The first-order valence-electron chi connectivity index (χ1n) is 9.87. The summed E-state index contributed by atoms with van der Waals surface area (Å²) >= 11 is 0. The Labute approximate surface area is 155 Å². The number of amides is 4. The Hall–Kier alpha value is -1.51. The number of urea groups is 1. The van der Waals surface area contributed by atoms with Crippen LogP contribution in [0.15, 0.2) is 0 Å². The average molecular weight is 369 g/mol. The summed E-state index contributed by atoms with van der Waals surface area (Å²) in [4.78, 5) is 37.6. The zero-order valence-corrected chi connectivity index (χ0v) is 15.8. The topological polar surface area (TPSA) is 108 Å². The van der Waals surface area contributed by atoms with Gasteiger partial charge in [-0.05, 0) is 6.42 Å². The van der Waals surface area contributed by atoms with E-state index in [1.807, 2.05) is 0 Å². The molecule has 4 N–H and O–H groups in total. The van der Waals surface area contributed by atoms with Gasteiger partial charge < -0.3 is 10.4 Å². The van der Waals surface area contributed by atoms with Gasteiger partial charge in [-0.1, -0.05) is 39.0 Å². The van der Waals surface area contributed by atoms with Crippen LogP contribution in [0.2, 0.25) is 0 Å². The SMILES string of the molecule is CCCCCCCCC1([N+]2(CCO)CCNCC2)C(=O)NC(=O)NC1=O. The summed E-state index contributed by atoms with van der Waals surface area (Å²) in [6.45, 7) is 4.88. The Morgan fingerprint density at radius 2 is 1.54 bits per heavy atom. The molecule has 0 saturated carbocycles. The van der Waals surface area contributed by atoms with Crippen LogP contribution >= 0.6 is 0 Å². The number of carbonyl (C=O) groups is 3. The molecule has 8 heteroatoms. The molecule has 0 aliphatic carbocycles. The first-order valence-corrected chi connectivity index (χ1v) is 9.87. The number of barbiturate groups is 1. The quantitative estimate of drug-likeness (QED) is 0.251. The molecule has 26 heavy (non-hydrogen) atoms. The summed E-state index contributed by atoms with van der Waals surface area (Å²) in [6.07, 6.45) is 6.68. The van der Waals surface area contributed by atoms with E-state index < -0.39 is 23.4 Å². The summed E-state index contributed by atoms with van der Waals surface area (Å²) in [5.41, 5.74) is -1.34. The van der Waals surface area contributed by atoms with Gasteiger partial charge in [0, 0.05) is 19.5 Å². The molecule has 0 atom stereocenters. The second-order valence-electron chi connectivity index (χ2n) is 7.41. The highest BCUT2D eigenvalue weighted by atomic mass is 16.3. The molecule has 2 rings (SSSR count). The number of aliphatic hydroxyl groups is 1. The lowest BCUT2D eigenvalue weighted by molar-refractivity contribution is -0.959. The molecule has 8 nitrogen and oxygen atoms in total. The molecule has 148 valence electrons. The average Bonchev–Trinajstić information content (AvgIpc) is 2.61. The van der Waals surface area contributed by atoms with Gasteiger partial charge in [-0.3, -0.25) is 24.7 Å². The zero-order chi connectivity index (χ0) is 19.0. The molecule has 0 aromatic carbocycles. The standard InChI is InChI=1S/C18H32N4O4/c1-2-3-4-5-6-7-8-18(15(24)20-17(26)21-16(18)25)22(13-14-23)11-9-19-10-12-22/h19,23H,2-14H2,1H3,(H-,20,21,24,25,26)/p+1. The number of nitrogens with zero attached hydrogens (tertiary/aromatic N) is 1. The fourth-order valence-electron chi connectivity index (χ4n) is 4.41. The molecule has 2 heterocycles. The summed E-state index contributed by atoms with van der Waals surface area (Å²) in [5.74, 6) is -1.04. The van der Waals surface area contributed by atoms with Crippen LogP contribution in [0.25, 0.3) is 0 Å². The highest BCUT2D eigenvalue weighted by molar-refractivity contribution is 6.21. The first kappa shape index (κ1) is 20.8. The van der Waals surface area contributed by atoms with E-state index in [-0.39, 0.29) is 11.1 Å². The van der Waals surface area contributed by atoms with E-state index >= 15 is 0 Å². The van der Waals surface area contributed by atoms with Crippen molar-refractivity contribution in [3.8, 4) is 0 Å². The van der Waals surface area contributed by atoms with Gasteiger partial charge in [0.1, 0.15) is 6.54 Å². The van der Waals surface area contributed by atoms with E-state index in [1.165, 1.54) is 12.8 Å². The van der Waals surface area contributed by atoms with Gasteiger partial charge in [0.05, 0.1) is 19.7 Å². The smallest absolute Gasteiger partial charge is 0.328 e. The van der Waals surface area contributed by atoms with E-state index in [2.05, 4.69) is 22.9 Å². The van der Waals surface area contributed by atoms with Crippen LogP contribution in [0.4, 0.5) is 4.79 Å². The third kappa shape index (κ3) is 4.07. The Kier molecular flexibility index (Phi) is 7.55. The van der Waals surface area contributed by atoms with Crippen LogP contribution in [0.5, 0.6) is 0 Å². The molecular weight excluding hydrogens is 336 g/mol. The summed E-state index contributed by atoms with van der Waals surface area (Å²) < 4.78 is 0.205. The fourth-order valence-corrected chi connectivity index (χ4v) is 4.41. The predicted molar refractivity (Wildman–Crippen MR) is 97.2 cm³/mol. The maximum absolute atomic E-state index is 13.0. The monoisotopic (exact) mass is 369 g/mol. The van der Waals surface area contributed by atoms with Gasteiger partial charge in [0.15, 0.2) is 0 Å². The maximum Gasteiger partial charge on any atom is 0.328 e. The largest absolute Gasteiger partial charge is 0.391 e. The van der Waals surface area contributed by atoms with Crippen molar-refractivity contribution in [3.05, 3.63) is 0 Å². The molecule has 4 amide bonds. The third-order valence-corrected chi connectivity index (χ3v) is 5.87. The molecule has 2 fully saturated rings. The molecule has 2 aliphatic heterocycles. The number of unbranched alkanes of at least 4 members (excludes halogenated alkanes) is 5. The number of rotatable bonds is 10. The number of imide groups is 2. The molecule has 0 bridgehead atoms. The van der Waals surface area contributed by atoms with Crippen molar-refractivity contribution in [2.45, 2.75) is 57.4 Å². The fraction of sp³-hybridized carbons (Fsp3) is 0.833. The molecule has 0 aromatic rings. The summed E-state index contributed by atoms with van der Waals surface area (Å²) in [7, 11) is 0. The molecule has 2 aliphatic rings. The van der Waals surface area contributed by atoms with Crippen molar-refractivity contribution >= 4 is 17.8 Å². The Morgan fingerprint density at radius 3 is 2.12 bits per heavy atom. The number of aliphatic hydroxyl groups excluding tert-OH is 1. The van der Waals surface area contributed by atoms with Crippen molar-refractivity contribution in [3.63, 3.8) is 0 Å². The van der Waals surface area contributed by atoms with Crippen molar-refractivity contribution in [1.82, 2.24) is 16.0 Å². The highest BCUT2D eigenvalue weighted by Crippen LogP contribution is 2.34. The number of hydrogen-bond acceptors (Lipinski definition) is 5. The van der Waals surface area contributed by atoms with E-state index in [9.17, 15) is 19.5 Å². The summed E-state index contributed by atoms with van der Waals surface area (Å²) in [6, 6.07) is -0.754. The van der Waals surface area contributed by atoms with Gasteiger partial charge in [-0.2, -0.15) is 0 Å². The molecule has 0 aromatic heterocycles. The van der Waals surface area contributed by atoms with E-state index in [4.69, 9.17) is 0 Å². The van der Waals surface area contributed by atoms with Gasteiger partial charge in [0.2, 0.25) is 0 Å². The van der Waals surface area contributed by atoms with Crippen LogP contribution in [0, 0.1) is 0 Å². The second kappa shape index (κ2) is 9.43. The maximum atomic E-state index is 13.0. The van der Waals surface area contributed by atoms with Crippen LogP contribution in [-0.2, 0) is 9.59 Å². The third-order valence-electron chi connectivity index (χ3n) is 5.87. The van der Waals surface area contributed by atoms with Gasteiger partial charge >= 0.3 is 6.03 Å². The number of nitrogens with one attached hydrogen (secondary N) is 3. The lowest BCUT2D eigenvalue weighted by Gasteiger charge is -2.53. The zero-order valence-electron chi connectivity index (χ0n) is 15.8. The van der Waals surface area contributed by atoms with Crippen LogP contribution in [0.1, 0.15) is 51.9 Å². The Balaban J connectivity index is 2.24. The lowest BCUT2D eigenvalue weighted by Crippen LogP contribution is -2.82. The van der Waals surface area contributed by atoms with E-state index in [0.717, 1.165) is 25.7 Å². The number of quaternary nitrogens is 1. The predicted octanol–water partition coefficient (Wildman–Crippen LogP) is 0.254. The molecule has 0 unspecified atom stereocenters. The minimum absolute atomic E-state index is 0.104. The van der Waals surface area contributed by atoms with E-state index in [1.54, 1.807) is 0 Å². The lowest BCUT2D eigenvalue weighted by atomic mass is 9.82. The van der Waals surface area contributed by atoms with E-state index in [0.29, 0.717) is 39.1 Å². The molecule has 2 saturated heterocycles. The second-order valence-corrected chi connectivity index (χ2v) is 7.41. The first-order chi connectivity index (χ1) is 12.5. The van der Waals surface area contributed by atoms with Crippen molar-refractivity contribution < 1.29 is 24.0 Å². The number of piperazine rings is 1. The van der Waals surface area contributed by atoms with Crippen LogP contribution < -0.4 is 16.0 Å². The Morgan fingerprint density at radius 1 is 0.962 bits per heavy atom. The minimum Gasteiger partial charge on any atom is -0.391 e. The van der Waals surface area contributed by atoms with Crippen molar-refractivity contribution in [2.75, 3.05) is 39.3 Å². The van der Waals surface area contributed by atoms with Gasteiger partial charge in [-0.25, -0.2) is 4.79 Å². The normalized spacial score (nSPS) is 22.0. The number of carbonyl (C=O) groups excluding carboxylic acids is 3. The van der Waals surface area contributed by atoms with Crippen molar-refractivity contribution in [1.29, 1.82) is 0 Å². The molecule has 0 radical (unpaired) electrons.